The van der Waals surface area contributed by atoms with Gasteiger partial charge in [-0.05, 0) is 31.5 Å². The SMILES string of the molecule is CC(C)(CC(N)=O)NCc1ccnc2ccccc12. The van der Waals surface area contributed by atoms with Crippen molar-refractivity contribution in [3.8, 4) is 0 Å². The van der Waals surface area contributed by atoms with E-state index in [2.05, 4.69) is 16.4 Å². The molecule has 0 saturated heterocycles. The van der Waals surface area contributed by atoms with E-state index >= 15 is 0 Å². The Morgan fingerprint density at radius 3 is 2.79 bits per heavy atom. The number of aromatic nitrogens is 1. The predicted molar refractivity (Wildman–Crippen MR) is 76.5 cm³/mol. The van der Waals surface area contributed by atoms with Crippen LogP contribution >= 0.6 is 0 Å². The molecule has 100 valence electrons. The molecule has 1 amide bonds. The smallest absolute Gasteiger partial charge is 0.219 e. The summed E-state index contributed by atoms with van der Waals surface area (Å²) in [5, 5.41) is 4.50. The summed E-state index contributed by atoms with van der Waals surface area (Å²) in [5.41, 5.74) is 7.09. The van der Waals surface area contributed by atoms with E-state index in [1.54, 1.807) is 6.20 Å². The van der Waals surface area contributed by atoms with Crippen LogP contribution in [0.3, 0.4) is 0 Å². The molecular formula is C15H19N3O. The normalized spacial score (nSPS) is 11.7. The lowest BCUT2D eigenvalue weighted by Gasteiger charge is -2.25. The van der Waals surface area contributed by atoms with E-state index in [1.165, 1.54) is 5.56 Å². The van der Waals surface area contributed by atoms with Crippen LogP contribution in [0.1, 0.15) is 25.8 Å². The van der Waals surface area contributed by atoms with E-state index in [0.717, 1.165) is 10.9 Å². The molecule has 0 spiro atoms. The van der Waals surface area contributed by atoms with Gasteiger partial charge in [0.15, 0.2) is 0 Å². The third-order valence-electron chi connectivity index (χ3n) is 3.11. The van der Waals surface area contributed by atoms with Crippen LogP contribution in [0.2, 0.25) is 0 Å². The number of pyridine rings is 1. The van der Waals surface area contributed by atoms with Crippen molar-refractivity contribution in [1.82, 2.24) is 10.3 Å². The van der Waals surface area contributed by atoms with Crippen molar-refractivity contribution in [2.75, 3.05) is 0 Å². The molecule has 0 atom stereocenters. The van der Waals surface area contributed by atoms with Crippen molar-refractivity contribution < 1.29 is 4.79 Å². The molecule has 1 aromatic heterocycles. The first-order valence-electron chi connectivity index (χ1n) is 6.34. The van der Waals surface area contributed by atoms with Crippen LogP contribution in [-0.2, 0) is 11.3 Å². The molecule has 2 aromatic rings. The Morgan fingerprint density at radius 1 is 1.32 bits per heavy atom. The maximum absolute atomic E-state index is 11.0. The van der Waals surface area contributed by atoms with E-state index in [9.17, 15) is 4.79 Å². The van der Waals surface area contributed by atoms with E-state index in [4.69, 9.17) is 5.73 Å². The molecule has 0 radical (unpaired) electrons. The van der Waals surface area contributed by atoms with Crippen molar-refractivity contribution in [2.24, 2.45) is 5.73 Å². The maximum atomic E-state index is 11.0. The Morgan fingerprint density at radius 2 is 2.05 bits per heavy atom. The molecule has 4 nitrogen and oxygen atoms in total. The molecule has 0 unspecified atom stereocenters. The number of hydrogen-bond acceptors (Lipinski definition) is 3. The molecule has 1 heterocycles. The number of carbonyl (C=O) groups excluding carboxylic acids is 1. The maximum Gasteiger partial charge on any atom is 0.219 e. The number of nitrogens with one attached hydrogen (secondary N) is 1. The van der Waals surface area contributed by atoms with Gasteiger partial charge in [-0.2, -0.15) is 0 Å². The minimum Gasteiger partial charge on any atom is -0.370 e. The first-order valence-corrected chi connectivity index (χ1v) is 6.34. The summed E-state index contributed by atoms with van der Waals surface area (Å²) in [6.07, 6.45) is 2.12. The Kier molecular flexibility index (Phi) is 3.81. The molecular weight excluding hydrogens is 238 g/mol. The zero-order valence-corrected chi connectivity index (χ0v) is 11.3. The summed E-state index contributed by atoms with van der Waals surface area (Å²) in [6, 6.07) is 10.0. The second-order valence-corrected chi connectivity index (χ2v) is 5.37. The molecule has 0 aliphatic heterocycles. The fourth-order valence-electron chi connectivity index (χ4n) is 2.14. The van der Waals surface area contributed by atoms with Crippen LogP contribution in [0.5, 0.6) is 0 Å². The average Bonchev–Trinajstić information content (AvgIpc) is 2.35. The molecule has 4 heteroatoms. The number of primary amides is 1. The number of para-hydroxylation sites is 1. The fourth-order valence-corrected chi connectivity index (χ4v) is 2.14. The van der Waals surface area contributed by atoms with Crippen LogP contribution in [0.25, 0.3) is 10.9 Å². The molecule has 0 fully saturated rings. The molecule has 0 aliphatic rings. The molecule has 2 rings (SSSR count). The highest BCUT2D eigenvalue weighted by atomic mass is 16.1. The van der Waals surface area contributed by atoms with Crippen LogP contribution < -0.4 is 11.1 Å². The first kappa shape index (κ1) is 13.5. The number of carbonyl (C=O) groups is 1. The van der Waals surface area contributed by atoms with E-state index in [1.807, 2.05) is 38.1 Å². The van der Waals surface area contributed by atoms with Crippen LogP contribution in [0, 0.1) is 0 Å². The van der Waals surface area contributed by atoms with Crippen LogP contribution in [0.4, 0.5) is 0 Å². The summed E-state index contributed by atoms with van der Waals surface area (Å²) in [7, 11) is 0. The number of fused-ring (bicyclic) bond motifs is 1. The quantitative estimate of drug-likeness (QED) is 0.860. The van der Waals surface area contributed by atoms with Crippen molar-refractivity contribution in [3.63, 3.8) is 0 Å². The zero-order valence-electron chi connectivity index (χ0n) is 11.3. The first-order chi connectivity index (χ1) is 8.98. The molecule has 1 aromatic carbocycles. The third kappa shape index (κ3) is 3.51. The van der Waals surface area contributed by atoms with Gasteiger partial charge in [0.25, 0.3) is 0 Å². The van der Waals surface area contributed by atoms with Crippen molar-refractivity contribution in [1.29, 1.82) is 0 Å². The fraction of sp³-hybridized carbons (Fsp3) is 0.333. The Hall–Kier alpha value is -1.94. The monoisotopic (exact) mass is 257 g/mol. The number of benzene rings is 1. The number of nitrogens with zero attached hydrogens (tertiary/aromatic N) is 1. The number of rotatable bonds is 5. The highest BCUT2D eigenvalue weighted by Gasteiger charge is 2.19. The Balaban J connectivity index is 2.16. The highest BCUT2D eigenvalue weighted by Crippen LogP contribution is 2.17. The summed E-state index contributed by atoms with van der Waals surface area (Å²) >= 11 is 0. The number of amides is 1. The van der Waals surface area contributed by atoms with E-state index in [-0.39, 0.29) is 11.4 Å². The van der Waals surface area contributed by atoms with Crippen molar-refractivity contribution >= 4 is 16.8 Å². The van der Waals surface area contributed by atoms with Gasteiger partial charge in [0.2, 0.25) is 5.91 Å². The minimum absolute atomic E-state index is 0.294. The number of nitrogens with two attached hydrogens (primary N) is 1. The van der Waals surface area contributed by atoms with Gasteiger partial charge in [-0.3, -0.25) is 9.78 Å². The third-order valence-corrected chi connectivity index (χ3v) is 3.11. The van der Waals surface area contributed by atoms with Gasteiger partial charge in [0, 0.05) is 30.1 Å². The van der Waals surface area contributed by atoms with Gasteiger partial charge >= 0.3 is 0 Å². The zero-order chi connectivity index (χ0) is 13.9. The number of hydrogen-bond donors (Lipinski definition) is 2. The predicted octanol–water partition coefficient (Wildman–Crippen LogP) is 1.98. The van der Waals surface area contributed by atoms with E-state index in [0.29, 0.717) is 13.0 Å². The molecule has 0 bridgehead atoms. The Labute approximate surface area is 113 Å². The van der Waals surface area contributed by atoms with Gasteiger partial charge in [-0.15, -0.1) is 0 Å². The summed E-state index contributed by atoms with van der Waals surface area (Å²) in [4.78, 5) is 15.3. The second-order valence-electron chi connectivity index (χ2n) is 5.37. The van der Waals surface area contributed by atoms with Crippen molar-refractivity contribution in [3.05, 3.63) is 42.1 Å². The van der Waals surface area contributed by atoms with Gasteiger partial charge in [-0.25, -0.2) is 0 Å². The lowest BCUT2D eigenvalue weighted by Crippen LogP contribution is -2.42. The van der Waals surface area contributed by atoms with Gasteiger partial charge < -0.3 is 11.1 Å². The molecule has 0 saturated carbocycles. The van der Waals surface area contributed by atoms with Crippen LogP contribution in [-0.4, -0.2) is 16.4 Å². The van der Waals surface area contributed by atoms with Gasteiger partial charge in [0.05, 0.1) is 5.52 Å². The van der Waals surface area contributed by atoms with Crippen LogP contribution in [0.15, 0.2) is 36.5 Å². The molecule has 0 aliphatic carbocycles. The van der Waals surface area contributed by atoms with E-state index < -0.39 is 0 Å². The van der Waals surface area contributed by atoms with Gasteiger partial charge in [0.1, 0.15) is 0 Å². The summed E-state index contributed by atoms with van der Waals surface area (Å²) < 4.78 is 0. The minimum atomic E-state index is -0.309. The largest absolute Gasteiger partial charge is 0.370 e. The summed E-state index contributed by atoms with van der Waals surface area (Å²) in [6.45, 7) is 4.63. The summed E-state index contributed by atoms with van der Waals surface area (Å²) in [5.74, 6) is -0.294. The average molecular weight is 257 g/mol. The highest BCUT2D eigenvalue weighted by molar-refractivity contribution is 5.81. The Bertz CT molecular complexity index is 587. The topological polar surface area (TPSA) is 68.0 Å². The van der Waals surface area contributed by atoms with Gasteiger partial charge in [-0.1, -0.05) is 18.2 Å². The standard InChI is InChI=1S/C15H19N3O/c1-15(2,9-14(16)19)18-10-11-7-8-17-13-6-4-3-5-12(11)13/h3-8,18H,9-10H2,1-2H3,(H2,16,19). The second kappa shape index (κ2) is 5.36. The molecule has 3 N–H and O–H groups in total. The lowest BCUT2D eigenvalue weighted by atomic mass is 9.99. The lowest BCUT2D eigenvalue weighted by molar-refractivity contribution is -0.119. The van der Waals surface area contributed by atoms with Crippen molar-refractivity contribution in [2.45, 2.75) is 32.4 Å². The molecule has 19 heavy (non-hydrogen) atoms.